The van der Waals surface area contributed by atoms with Crippen LogP contribution in [0.4, 0.5) is 0 Å². The summed E-state index contributed by atoms with van der Waals surface area (Å²) in [5.74, 6) is 2.45. The van der Waals surface area contributed by atoms with E-state index in [1.54, 1.807) is 0 Å². The number of aryl methyl sites for hydroxylation is 1. The highest BCUT2D eigenvalue weighted by atomic mass is 15.2. The van der Waals surface area contributed by atoms with Crippen molar-refractivity contribution in [1.29, 1.82) is 0 Å². The fourth-order valence-electron chi connectivity index (χ4n) is 5.40. The molecule has 0 spiro atoms. The first-order valence-electron chi connectivity index (χ1n) is 18.6. The van der Waals surface area contributed by atoms with E-state index in [4.69, 9.17) is 0 Å². The topological polar surface area (TPSA) is 27.3 Å². The van der Waals surface area contributed by atoms with Crippen LogP contribution in [0.3, 0.4) is 0 Å². The lowest BCUT2D eigenvalue weighted by Crippen LogP contribution is -2.30. The summed E-state index contributed by atoms with van der Waals surface area (Å²) >= 11 is 0. The third-order valence-corrected chi connectivity index (χ3v) is 7.77. The van der Waals surface area contributed by atoms with E-state index in [-0.39, 0.29) is 0 Å². The number of hydrogen-bond donors (Lipinski definition) is 2. The number of benzene rings is 1. The normalized spacial score (nSPS) is 13.4. The Bertz CT molecular complexity index is 1060. The first kappa shape index (κ1) is 51.4. The molecule has 0 radical (unpaired) electrons. The molecule has 1 aromatic rings. The minimum Gasteiger partial charge on any atom is -0.387 e. The van der Waals surface area contributed by atoms with E-state index in [1.807, 2.05) is 60.7 Å². The summed E-state index contributed by atoms with van der Waals surface area (Å²) in [6, 6.07) is 8.55. The summed E-state index contributed by atoms with van der Waals surface area (Å²) in [6.07, 6.45) is 21.2. The van der Waals surface area contributed by atoms with Crippen molar-refractivity contribution in [3.63, 3.8) is 0 Å². The highest BCUT2D eigenvalue weighted by Gasteiger charge is 2.27. The van der Waals surface area contributed by atoms with Crippen molar-refractivity contribution in [1.82, 2.24) is 15.5 Å². The smallest absolute Gasteiger partial charge is 0.102 e. The Hall–Kier alpha value is -3.46. The Morgan fingerprint density at radius 3 is 2.00 bits per heavy atom. The summed E-state index contributed by atoms with van der Waals surface area (Å²) in [7, 11) is 4.02. The van der Waals surface area contributed by atoms with Crippen LogP contribution in [0.2, 0.25) is 0 Å². The Balaban J connectivity index is -0.000000349. The number of nitrogens with zero attached hydrogens (tertiary/aromatic N) is 1. The predicted molar refractivity (Wildman–Crippen MR) is 224 cm³/mol. The molecule has 0 saturated heterocycles. The predicted octanol–water partition coefficient (Wildman–Crippen LogP) is 13.3. The van der Waals surface area contributed by atoms with E-state index in [2.05, 4.69) is 139 Å². The Kier molecular flexibility index (Phi) is 38.9. The molecule has 48 heavy (non-hydrogen) atoms. The van der Waals surface area contributed by atoms with Crippen LogP contribution in [0, 0.1) is 18.8 Å². The fraction of sp³-hybridized carbons (Fsp3) is 0.511. The largest absolute Gasteiger partial charge is 0.387 e. The standard InChI is InChI=1S/C21H33N3.C16H24.3C2H6.C2H4/c1-7-9-16-23-21(24(6)18(4)20(8-2)22-5)15-14-19-13-11-10-12-17(19)3;1-5-9-14(10-6-2)16(13(3)4)15-11-7-8-12-15;4*1-2/h8,10-13,15,22-23H,2,7,9,14,16H2,1,3-6H3;5-6,9-10,15-16H,1,3,7-8,11-12H2,2,4H3;3*1-2H3;1-2H2/b20-18+,21-15-;10-6-,14-9+;;;;. The maximum absolute atomic E-state index is 4.18. The monoisotopic (exact) mass is 662 g/mol. The number of rotatable bonds is 15. The fourth-order valence-corrected chi connectivity index (χ4v) is 5.40. The van der Waals surface area contributed by atoms with Gasteiger partial charge in [0.2, 0.25) is 0 Å². The zero-order valence-corrected chi connectivity index (χ0v) is 34.1. The van der Waals surface area contributed by atoms with Crippen LogP contribution in [0.1, 0.15) is 119 Å². The third-order valence-electron chi connectivity index (χ3n) is 7.77. The molecule has 0 heterocycles. The van der Waals surface area contributed by atoms with Crippen molar-refractivity contribution in [2.75, 3.05) is 20.6 Å². The number of likely N-dealkylation sites (N-methyl/N-ethyl adjacent to an activating group) is 1. The molecule has 1 atom stereocenters. The maximum atomic E-state index is 4.18. The van der Waals surface area contributed by atoms with E-state index in [9.17, 15) is 0 Å². The van der Waals surface area contributed by atoms with Crippen molar-refractivity contribution in [3.05, 3.63) is 133 Å². The molecule has 1 saturated carbocycles. The van der Waals surface area contributed by atoms with Gasteiger partial charge in [-0.05, 0) is 88.1 Å². The lowest BCUT2D eigenvalue weighted by molar-refractivity contribution is 0.441. The van der Waals surface area contributed by atoms with Gasteiger partial charge in [-0.1, -0.05) is 142 Å². The molecular weight excluding hydrogens is 583 g/mol. The van der Waals surface area contributed by atoms with Gasteiger partial charge in [0.1, 0.15) is 5.82 Å². The SMILES string of the molecule is C=C.C=C/C(NC)=C(/C)N(C)/C(=C\Cc1ccccc1C)NCCCC.C=C/C=C(\C=C/C)C(C(=C)C)C1CCCC1.CC.CC.CC. The molecule has 3 heteroatoms. The Morgan fingerprint density at radius 1 is 1.00 bits per heavy atom. The molecule has 2 N–H and O–H groups in total. The van der Waals surface area contributed by atoms with Gasteiger partial charge in [0.15, 0.2) is 0 Å². The van der Waals surface area contributed by atoms with Crippen LogP contribution < -0.4 is 10.6 Å². The Morgan fingerprint density at radius 2 is 1.56 bits per heavy atom. The zero-order valence-electron chi connectivity index (χ0n) is 34.1. The third kappa shape index (κ3) is 21.4. The summed E-state index contributed by atoms with van der Waals surface area (Å²) < 4.78 is 0. The van der Waals surface area contributed by atoms with Crippen molar-refractivity contribution in [2.45, 2.75) is 121 Å². The van der Waals surface area contributed by atoms with Gasteiger partial charge in [-0.25, -0.2) is 0 Å². The first-order chi connectivity index (χ1) is 23.2. The lowest BCUT2D eigenvalue weighted by atomic mass is 9.80. The summed E-state index contributed by atoms with van der Waals surface area (Å²) in [5.41, 5.74) is 7.54. The molecule has 3 nitrogen and oxygen atoms in total. The lowest BCUT2D eigenvalue weighted by Gasteiger charge is -2.26. The van der Waals surface area contributed by atoms with Crippen LogP contribution in [0.5, 0.6) is 0 Å². The van der Waals surface area contributed by atoms with E-state index < -0.39 is 0 Å². The molecule has 1 aromatic carbocycles. The van der Waals surface area contributed by atoms with Crippen molar-refractivity contribution in [3.8, 4) is 0 Å². The first-order valence-corrected chi connectivity index (χ1v) is 18.6. The molecule has 1 unspecified atom stereocenters. The summed E-state index contributed by atoms with van der Waals surface area (Å²) in [4.78, 5) is 2.20. The van der Waals surface area contributed by atoms with Gasteiger partial charge in [0.25, 0.3) is 0 Å². The number of hydrogen-bond acceptors (Lipinski definition) is 3. The van der Waals surface area contributed by atoms with Crippen LogP contribution in [0.15, 0.2) is 122 Å². The van der Waals surface area contributed by atoms with Crippen LogP contribution >= 0.6 is 0 Å². The van der Waals surface area contributed by atoms with Crippen LogP contribution in [0.25, 0.3) is 0 Å². The highest BCUT2D eigenvalue weighted by molar-refractivity contribution is 5.32. The molecule has 2 rings (SSSR count). The average molecular weight is 662 g/mol. The quantitative estimate of drug-likeness (QED) is 0.111. The minimum absolute atomic E-state index is 0.525. The van der Waals surface area contributed by atoms with Crippen molar-refractivity contribution < 1.29 is 0 Å². The number of unbranched alkanes of at least 4 members (excludes halogenated alkanes) is 1. The summed E-state index contributed by atoms with van der Waals surface area (Å²) in [5, 5.41) is 6.79. The van der Waals surface area contributed by atoms with Gasteiger partial charge < -0.3 is 15.5 Å². The van der Waals surface area contributed by atoms with E-state index >= 15 is 0 Å². The van der Waals surface area contributed by atoms with Crippen LogP contribution in [-0.4, -0.2) is 25.5 Å². The molecule has 1 aliphatic carbocycles. The van der Waals surface area contributed by atoms with Crippen molar-refractivity contribution >= 4 is 0 Å². The van der Waals surface area contributed by atoms with E-state index in [1.165, 1.54) is 60.8 Å². The van der Waals surface area contributed by atoms with Gasteiger partial charge >= 0.3 is 0 Å². The number of allylic oxidation sites excluding steroid dienone is 9. The molecule has 0 amide bonds. The molecule has 0 aromatic heterocycles. The average Bonchev–Trinajstić information content (AvgIpc) is 3.65. The van der Waals surface area contributed by atoms with Gasteiger partial charge in [0, 0.05) is 32.3 Å². The van der Waals surface area contributed by atoms with Crippen LogP contribution in [-0.2, 0) is 6.42 Å². The zero-order chi connectivity index (χ0) is 37.9. The van der Waals surface area contributed by atoms with Gasteiger partial charge in [-0.3, -0.25) is 0 Å². The minimum atomic E-state index is 0.525. The molecule has 0 bridgehead atoms. The van der Waals surface area contributed by atoms with Crippen molar-refractivity contribution in [2.24, 2.45) is 11.8 Å². The summed E-state index contributed by atoms with van der Waals surface area (Å²) in [6.45, 7) is 41.6. The highest BCUT2D eigenvalue weighted by Crippen LogP contribution is 2.39. The maximum Gasteiger partial charge on any atom is 0.102 e. The molecular formula is C45H79N3. The molecule has 274 valence electrons. The Labute approximate surface area is 301 Å². The molecule has 1 aliphatic rings. The molecule has 0 aliphatic heterocycles. The second-order valence-electron chi connectivity index (χ2n) is 10.8. The van der Waals surface area contributed by atoms with Gasteiger partial charge in [0.05, 0.1) is 5.70 Å². The van der Waals surface area contributed by atoms with E-state index in [0.29, 0.717) is 5.92 Å². The van der Waals surface area contributed by atoms with Gasteiger partial charge in [-0.15, -0.1) is 13.2 Å². The number of nitrogens with one attached hydrogen (secondary N) is 2. The second kappa shape index (κ2) is 36.4. The van der Waals surface area contributed by atoms with Gasteiger partial charge in [-0.2, -0.15) is 0 Å². The van der Waals surface area contributed by atoms with E-state index in [0.717, 1.165) is 36.1 Å². The molecule has 1 fully saturated rings. The second-order valence-corrected chi connectivity index (χ2v) is 10.8.